The number of nitrogen functional groups attached to an aromatic ring is 1. The summed E-state index contributed by atoms with van der Waals surface area (Å²) in [6, 6.07) is 3.44. The van der Waals surface area contributed by atoms with Gasteiger partial charge in [0.15, 0.2) is 5.82 Å². The average molecular weight is 393 g/mol. The molecule has 1 aliphatic carbocycles. The number of nitrogens with two attached hydrogens (primary N) is 1. The third-order valence-electron chi connectivity index (χ3n) is 5.43. The molecule has 148 valence electrons. The Labute approximate surface area is 166 Å². The molecule has 4 N–H and O–H groups in total. The Morgan fingerprint density at radius 2 is 2.10 bits per heavy atom. The van der Waals surface area contributed by atoms with Crippen molar-refractivity contribution < 1.29 is 13.9 Å². The van der Waals surface area contributed by atoms with E-state index in [2.05, 4.69) is 20.6 Å². The highest BCUT2D eigenvalue weighted by Gasteiger charge is 2.30. The van der Waals surface area contributed by atoms with Crippen LogP contribution in [0.5, 0.6) is 5.88 Å². The summed E-state index contributed by atoms with van der Waals surface area (Å²) in [6.45, 7) is 3.10. The zero-order valence-corrected chi connectivity index (χ0v) is 15.9. The molecule has 0 saturated heterocycles. The topological polar surface area (TPSA) is 102 Å². The molecule has 5 rings (SSSR count). The van der Waals surface area contributed by atoms with E-state index in [-0.39, 0.29) is 17.5 Å². The lowest BCUT2D eigenvalue weighted by Crippen LogP contribution is -2.20. The number of fused-ring (bicyclic) bond motifs is 2. The lowest BCUT2D eigenvalue weighted by Gasteiger charge is -2.22. The first kappa shape index (κ1) is 17.7. The van der Waals surface area contributed by atoms with E-state index in [0.29, 0.717) is 46.7 Å². The van der Waals surface area contributed by atoms with Crippen LogP contribution in [0.1, 0.15) is 18.4 Å². The van der Waals surface area contributed by atoms with Crippen molar-refractivity contribution in [3.05, 3.63) is 35.9 Å². The molecule has 3 heterocycles. The minimum absolute atomic E-state index is 0.0198. The maximum Gasteiger partial charge on any atom is 0.237 e. The van der Waals surface area contributed by atoms with Crippen molar-refractivity contribution in [2.45, 2.75) is 19.8 Å². The summed E-state index contributed by atoms with van der Waals surface area (Å²) in [6.07, 6.45) is 4.91. The van der Waals surface area contributed by atoms with E-state index >= 15 is 4.39 Å². The van der Waals surface area contributed by atoms with Crippen molar-refractivity contribution in [1.29, 1.82) is 0 Å². The lowest BCUT2D eigenvalue weighted by atomic mass is 9.97. The number of amides is 1. The fraction of sp³-hybridized carbons (Fsp3) is 0.286. The number of carbonyl (C=O) groups excluding carboxylic acids is 1. The van der Waals surface area contributed by atoms with Gasteiger partial charge in [0.05, 0.1) is 5.69 Å². The van der Waals surface area contributed by atoms with Crippen molar-refractivity contribution in [2.24, 2.45) is 5.92 Å². The molecule has 1 saturated carbocycles. The number of nitrogens with zero attached hydrogens (tertiary/aromatic N) is 2. The van der Waals surface area contributed by atoms with Crippen LogP contribution in [0, 0.1) is 18.7 Å². The smallest absolute Gasteiger partial charge is 0.237 e. The number of halogens is 1. The fourth-order valence-corrected chi connectivity index (χ4v) is 3.63. The Morgan fingerprint density at radius 3 is 2.90 bits per heavy atom. The Hall–Kier alpha value is -3.42. The number of anilines is 3. The number of benzene rings is 1. The van der Waals surface area contributed by atoms with E-state index in [1.54, 1.807) is 18.3 Å². The first-order valence-corrected chi connectivity index (χ1v) is 9.58. The van der Waals surface area contributed by atoms with Crippen LogP contribution in [0.25, 0.3) is 21.9 Å². The molecule has 0 spiro atoms. The summed E-state index contributed by atoms with van der Waals surface area (Å²) in [7, 11) is 0. The fourth-order valence-electron chi connectivity index (χ4n) is 3.63. The normalized spacial score (nSPS) is 15.4. The SMILES string of the molecule is Cc1c(-c2cc3cc(NC(=O)C4CC4)ncc3c(N)c2F)cnc2c1NCCO2. The average Bonchev–Trinajstić information content (AvgIpc) is 3.57. The van der Waals surface area contributed by atoms with Crippen molar-refractivity contribution in [3.63, 3.8) is 0 Å². The van der Waals surface area contributed by atoms with Crippen LogP contribution in [0.2, 0.25) is 0 Å². The second-order valence-electron chi connectivity index (χ2n) is 7.46. The monoisotopic (exact) mass is 393 g/mol. The molecular weight excluding hydrogens is 373 g/mol. The van der Waals surface area contributed by atoms with E-state index in [9.17, 15) is 4.79 Å². The molecule has 1 aromatic carbocycles. The standard InChI is InChI=1S/C21H20FN5O2/c1-10-14(8-26-21-19(10)24-4-5-29-21)13-6-12-7-16(27-20(28)11-2-3-11)25-9-15(12)18(23)17(13)22/h6-9,11,24H,2-5,23H2,1H3,(H,25,27,28). The maximum atomic E-state index is 15.2. The van der Waals surface area contributed by atoms with Crippen molar-refractivity contribution in [1.82, 2.24) is 9.97 Å². The third kappa shape index (κ3) is 3.00. The summed E-state index contributed by atoms with van der Waals surface area (Å²) in [5.74, 6) is 0.464. The number of aromatic nitrogens is 2. The number of nitrogens with one attached hydrogen (secondary N) is 2. The summed E-state index contributed by atoms with van der Waals surface area (Å²) >= 11 is 0. The Kier molecular flexibility index (Phi) is 4.01. The molecule has 1 aliphatic heterocycles. The highest BCUT2D eigenvalue weighted by atomic mass is 19.1. The van der Waals surface area contributed by atoms with Gasteiger partial charge in [0.1, 0.15) is 18.1 Å². The second kappa shape index (κ2) is 6.58. The third-order valence-corrected chi connectivity index (χ3v) is 5.43. The number of rotatable bonds is 3. The molecule has 0 unspecified atom stereocenters. The quantitative estimate of drug-likeness (QED) is 0.589. The van der Waals surface area contributed by atoms with Gasteiger partial charge in [-0.2, -0.15) is 0 Å². The van der Waals surface area contributed by atoms with Crippen molar-refractivity contribution in [2.75, 3.05) is 29.5 Å². The molecule has 0 atom stereocenters. The zero-order valence-electron chi connectivity index (χ0n) is 15.9. The van der Waals surface area contributed by atoms with E-state index in [4.69, 9.17) is 10.5 Å². The van der Waals surface area contributed by atoms with Crippen LogP contribution in [-0.4, -0.2) is 29.0 Å². The predicted octanol–water partition coefficient (Wildman–Crippen LogP) is 3.48. The van der Waals surface area contributed by atoms with Crippen molar-refractivity contribution in [3.8, 4) is 17.0 Å². The van der Waals surface area contributed by atoms with Gasteiger partial charge in [0.25, 0.3) is 0 Å². The number of ether oxygens (including phenoxy) is 1. The van der Waals surface area contributed by atoms with E-state index in [1.165, 1.54) is 6.20 Å². The minimum atomic E-state index is -0.518. The largest absolute Gasteiger partial charge is 0.474 e. The molecule has 0 bridgehead atoms. The molecular formula is C21H20FN5O2. The highest BCUT2D eigenvalue weighted by Crippen LogP contribution is 2.39. The van der Waals surface area contributed by atoms with Gasteiger partial charge >= 0.3 is 0 Å². The Bertz CT molecular complexity index is 1160. The van der Waals surface area contributed by atoms with Gasteiger partial charge < -0.3 is 21.1 Å². The van der Waals surface area contributed by atoms with Gasteiger partial charge in [0, 0.05) is 41.4 Å². The lowest BCUT2D eigenvalue weighted by molar-refractivity contribution is -0.117. The summed E-state index contributed by atoms with van der Waals surface area (Å²) in [5.41, 5.74) is 8.69. The molecule has 8 heteroatoms. The summed E-state index contributed by atoms with van der Waals surface area (Å²) in [4.78, 5) is 20.6. The first-order valence-electron chi connectivity index (χ1n) is 9.58. The van der Waals surface area contributed by atoms with Gasteiger partial charge in [0.2, 0.25) is 11.8 Å². The maximum absolute atomic E-state index is 15.2. The molecule has 2 aliphatic rings. The van der Waals surface area contributed by atoms with Crippen molar-refractivity contribution >= 4 is 33.9 Å². The van der Waals surface area contributed by atoms with Gasteiger partial charge in [-0.25, -0.2) is 14.4 Å². The van der Waals surface area contributed by atoms with Gasteiger partial charge in [-0.15, -0.1) is 0 Å². The van der Waals surface area contributed by atoms with Gasteiger partial charge in [-0.3, -0.25) is 4.79 Å². The van der Waals surface area contributed by atoms with Crippen LogP contribution >= 0.6 is 0 Å². The number of pyridine rings is 2. The molecule has 2 aromatic heterocycles. The number of carbonyl (C=O) groups is 1. The molecule has 1 amide bonds. The summed E-state index contributed by atoms with van der Waals surface area (Å²) < 4.78 is 20.7. The van der Waals surface area contributed by atoms with Crippen LogP contribution in [0.4, 0.5) is 21.6 Å². The first-order chi connectivity index (χ1) is 14.0. The van der Waals surface area contributed by atoms with Gasteiger partial charge in [-0.1, -0.05) is 0 Å². The van der Waals surface area contributed by atoms with E-state index < -0.39 is 5.82 Å². The Balaban J connectivity index is 1.62. The minimum Gasteiger partial charge on any atom is -0.474 e. The van der Waals surface area contributed by atoms with E-state index in [0.717, 1.165) is 24.1 Å². The molecule has 7 nitrogen and oxygen atoms in total. The molecule has 3 aromatic rings. The zero-order chi connectivity index (χ0) is 20.1. The number of hydrogen-bond acceptors (Lipinski definition) is 6. The van der Waals surface area contributed by atoms with Crippen LogP contribution in [-0.2, 0) is 4.79 Å². The summed E-state index contributed by atoms with van der Waals surface area (Å²) in [5, 5.41) is 7.28. The van der Waals surface area contributed by atoms with E-state index in [1.807, 2.05) is 6.92 Å². The van der Waals surface area contributed by atoms with Crippen LogP contribution in [0.15, 0.2) is 24.5 Å². The molecule has 29 heavy (non-hydrogen) atoms. The molecule has 1 fully saturated rings. The predicted molar refractivity (Wildman–Crippen MR) is 109 cm³/mol. The number of hydrogen-bond donors (Lipinski definition) is 3. The van der Waals surface area contributed by atoms with Crippen LogP contribution in [0.3, 0.4) is 0 Å². The van der Waals surface area contributed by atoms with Gasteiger partial charge in [-0.05, 0) is 42.8 Å². The highest BCUT2D eigenvalue weighted by molar-refractivity contribution is 6.00. The molecule has 0 radical (unpaired) electrons. The second-order valence-corrected chi connectivity index (χ2v) is 7.46. The van der Waals surface area contributed by atoms with Crippen LogP contribution < -0.4 is 21.1 Å². The Morgan fingerprint density at radius 1 is 1.28 bits per heavy atom.